The third-order valence-corrected chi connectivity index (χ3v) is 4.28. The molecule has 0 amide bonds. The first-order valence-corrected chi connectivity index (χ1v) is 7.87. The standard InChI is InChI=1S/C16H15BrClNO2/c1-10(12-2-4-13(17)5-3-12)19-8-11-6-14(18)16-15(7-11)20-9-21-16/h2-7,10,19H,8-9H2,1H3/t10-/m0/s1. The third kappa shape index (κ3) is 3.34. The lowest BCUT2D eigenvalue weighted by Crippen LogP contribution is -2.18. The van der Waals surface area contributed by atoms with Gasteiger partial charge in [-0.05, 0) is 42.3 Å². The summed E-state index contributed by atoms with van der Waals surface area (Å²) in [6.45, 7) is 3.09. The molecule has 21 heavy (non-hydrogen) atoms. The zero-order chi connectivity index (χ0) is 14.8. The van der Waals surface area contributed by atoms with Crippen LogP contribution < -0.4 is 14.8 Å². The minimum Gasteiger partial charge on any atom is -0.454 e. The van der Waals surface area contributed by atoms with Gasteiger partial charge in [0.05, 0.1) is 5.02 Å². The molecule has 0 aromatic heterocycles. The quantitative estimate of drug-likeness (QED) is 0.850. The summed E-state index contributed by atoms with van der Waals surface area (Å²) in [6.07, 6.45) is 0. The van der Waals surface area contributed by atoms with Crippen LogP contribution in [0.3, 0.4) is 0 Å². The molecule has 1 atom stereocenters. The van der Waals surface area contributed by atoms with E-state index in [9.17, 15) is 0 Å². The molecule has 2 aromatic rings. The maximum atomic E-state index is 6.19. The highest BCUT2D eigenvalue weighted by Crippen LogP contribution is 2.39. The summed E-state index contributed by atoms with van der Waals surface area (Å²) in [5.74, 6) is 1.36. The highest BCUT2D eigenvalue weighted by atomic mass is 79.9. The lowest BCUT2D eigenvalue weighted by Gasteiger charge is -2.15. The summed E-state index contributed by atoms with van der Waals surface area (Å²) in [7, 11) is 0. The molecule has 1 N–H and O–H groups in total. The van der Waals surface area contributed by atoms with Gasteiger partial charge in [0.2, 0.25) is 6.79 Å². The Hall–Kier alpha value is -1.23. The van der Waals surface area contributed by atoms with Crippen LogP contribution in [0.4, 0.5) is 0 Å². The topological polar surface area (TPSA) is 30.5 Å². The van der Waals surface area contributed by atoms with Gasteiger partial charge in [-0.25, -0.2) is 0 Å². The first-order chi connectivity index (χ1) is 10.1. The summed E-state index contributed by atoms with van der Waals surface area (Å²) < 4.78 is 11.8. The summed E-state index contributed by atoms with van der Waals surface area (Å²) in [5.41, 5.74) is 2.32. The van der Waals surface area contributed by atoms with Crippen LogP contribution in [0.15, 0.2) is 40.9 Å². The molecule has 0 radical (unpaired) electrons. The van der Waals surface area contributed by atoms with E-state index in [1.165, 1.54) is 5.56 Å². The van der Waals surface area contributed by atoms with E-state index >= 15 is 0 Å². The fraction of sp³-hybridized carbons (Fsp3) is 0.250. The fourth-order valence-corrected chi connectivity index (χ4v) is 2.82. The van der Waals surface area contributed by atoms with Crippen molar-refractivity contribution in [2.24, 2.45) is 0 Å². The van der Waals surface area contributed by atoms with Gasteiger partial charge in [-0.15, -0.1) is 0 Å². The first-order valence-electron chi connectivity index (χ1n) is 6.70. The SMILES string of the molecule is C[C@H](NCc1cc(Cl)c2c(c1)OCO2)c1ccc(Br)cc1. The lowest BCUT2D eigenvalue weighted by atomic mass is 10.1. The van der Waals surface area contributed by atoms with Crippen molar-refractivity contribution in [2.45, 2.75) is 19.5 Å². The summed E-state index contributed by atoms with van der Waals surface area (Å²) in [6, 6.07) is 12.4. The van der Waals surface area contributed by atoms with Gasteiger partial charge in [0.25, 0.3) is 0 Å². The van der Waals surface area contributed by atoms with E-state index in [2.05, 4.69) is 40.3 Å². The van der Waals surface area contributed by atoms with Crippen molar-refractivity contribution in [3.05, 3.63) is 57.0 Å². The number of halogens is 2. The summed E-state index contributed by atoms with van der Waals surface area (Å²) >= 11 is 9.63. The number of ether oxygens (including phenoxy) is 2. The van der Waals surface area contributed by atoms with E-state index in [4.69, 9.17) is 21.1 Å². The van der Waals surface area contributed by atoms with E-state index in [0.717, 1.165) is 15.8 Å². The molecular weight excluding hydrogens is 354 g/mol. The van der Waals surface area contributed by atoms with Gasteiger partial charge in [0.15, 0.2) is 11.5 Å². The Bertz CT molecular complexity index is 645. The highest BCUT2D eigenvalue weighted by Gasteiger charge is 2.18. The Balaban J connectivity index is 1.67. The zero-order valence-corrected chi connectivity index (χ0v) is 13.9. The molecule has 1 aliphatic rings. The molecule has 3 nitrogen and oxygen atoms in total. The van der Waals surface area contributed by atoms with Crippen molar-refractivity contribution in [2.75, 3.05) is 6.79 Å². The third-order valence-electron chi connectivity index (χ3n) is 3.47. The molecule has 0 bridgehead atoms. The predicted molar refractivity (Wildman–Crippen MR) is 87.0 cm³/mol. The predicted octanol–water partition coefficient (Wildman–Crippen LogP) is 4.68. The number of hydrogen-bond donors (Lipinski definition) is 1. The Labute approximate surface area is 137 Å². The zero-order valence-electron chi connectivity index (χ0n) is 11.5. The number of nitrogens with one attached hydrogen (secondary N) is 1. The maximum absolute atomic E-state index is 6.19. The molecule has 0 aliphatic carbocycles. The van der Waals surface area contributed by atoms with Crippen LogP contribution in [0.1, 0.15) is 24.1 Å². The molecule has 5 heteroatoms. The Kier molecular flexibility index (Phi) is 4.38. The molecule has 0 spiro atoms. The largest absolute Gasteiger partial charge is 0.454 e. The minimum absolute atomic E-state index is 0.237. The molecular formula is C16H15BrClNO2. The van der Waals surface area contributed by atoms with Crippen LogP contribution in [-0.4, -0.2) is 6.79 Å². The second-order valence-electron chi connectivity index (χ2n) is 4.97. The fourth-order valence-electron chi connectivity index (χ4n) is 2.26. The van der Waals surface area contributed by atoms with E-state index in [1.807, 2.05) is 24.3 Å². The van der Waals surface area contributed by atoms with Gasteiger partial charge in [0, 0.05) is 17.1 Å². The van der Waals surface area contributed by atoms with Gasteiger partial charge >= 0.3 is 0 Å². The number of hydrogen-bond acceptors (Lipinski definition) is 3. The Morgan fingerprint density at radius 3 is 2.76 bits per heavy atom. The molecule has 0 fully saturated rings. The normalized spacial score (nSPS) is 14.2. The van der Waals surface area contributed by atoms with Crippen LogP contribution in [0.2, 0.25) is 5.02 Å². The smallest absolute Gasteiger partial charge is 0.231 e. The lowest BCUT2D eigenvalue weighted by molar-refractivity contribution is 0.174. The van der Waals surface area contributed by atoms with Crippen LogP contribution in [0, 0.1) is 0 Å². The summed E-state index contributed by atoms with van der Waals surface area (Å²) in [5, 5.41) is 4.08. The molecule has 0 saturated heterocycles. The van der Waals surface area contributed by atoms with Crippen molar-refractivity contribution >= 4 is 27.5 Å². The van der Waals surface area contributed by atoms with Crippen molar-refractivity contribution in [1.82, 2.24) is 5.32 Å². The van der Waals surface area contributed by atoms with Crippen LogP contribution in [0.5, 0.6) is 11.5 Å². The summed E-state index contributed by atoms with van der Waals surface area (Å²) in [4.78, 5) is 0. The van der Waals surface area contributed by atoms with Crippen LogP contribution in [0.25, 0.3) is 0 Å². The van der Waals surface area contributed by atoms with Crippen molar-refractivity contribution in [3.63, 3.8) is 0 Å². The second kappa shape index (κ2) is 6.26. The molecule has 3 rings (SSSR count). The molecule has 110 valence electrons. The Morgan fingerprint density at radius 2 is 2.00 bits per heavy atom. The van der Waals surface area contributed by atoms with Crippen molar-refractivity contribution < 1.29 is 9.47 Å². The van der Waals surface area contributed by atoms with Crippen molar-refractivity contribution in [1.29, 1.82) is 0 Å². The van der Waals surface area contributed by atoms with Crippen LogP contribution in [-0.2, 0) is 6.54 Å². The number of rotatable bonds is 4. The first kappa shape index (κ1) is 14.7. The van der Waals surface area contributed by atoms with Gasteiger partial charge in [-0.2, -0.15) is 0 Å². The monoisotopic (exact) mass is 367 g/mol. The molecule has 1 aliphatic heterocycles. The number of benzene rings is 2. The van der Waals surface area contributed by atoms with Gasteiger partial charge in [-0.3, -0.25) is 0 Å². The number of fused-ring (bicyclic) bond motifs is 1. The molecule has 0 unspecified atom stereocenters. The highest BCUT2D eigenvalue weighted by molar-refractivity contribution is 9.10. The minimum atomic E-state index is 0.237. The van der Waals surface area contributed by atoms with Crippen molar-refractivity contribution in [3.8, 4) is 11.5 Å². The van der Waals surface area contributed by atoms with E-state index in [1.54, 1.807) is 0 Å². The van der Waals surface area contributed by atoms with Gasteiger partial charge in [-0.1, -0.05) is 39.7 Å². The average molecular weight is 369 g/mol. The second-order valence-corrected chi connectivity index (χ2v) is 6.29. The molecule has 0 saturated carbocycles. The van der Waals surface area contributed by atoms with Gasteiger partial charge < -0.3 is 14.8 Å². The molecule has 2 aromatic carbocycles. The maximum Gasteiger partial charge on any atom is 0.231 e. The Morgan fingerprint density at radius 1 is 1.24 bits per heavy atom. The van der Waals surface area contributed by atoms with E-state index in [0.29, 0.717) is 17.3 Å². The van der Waals surface area contributed by atoms with Crippen LogP contribution >= 0.6 is 27.5 Å². The van der Waals surface area contributed by atoms with E-state index < -0.39 is 0 Å². The van der Waals surface area contributed by atoms with Gasteiger partial charge in [0.1, 0.15) is 0 Å². The average Bonchev–Trinajstić information content (AvgIpc) is 2.94. The molecule has 1 heterocycles. The van der Waals surface area contributed by atoms with E-state index in [-0.39, 0.29) is 12.8 Å².